The van der Waals surface area contributed by atoms with Crippen molar-refractivity contribution >= 4 is 0 Å². The fourth-order valence-electron chi connectivity index (χ4n) is 2.96. The lowest BCUT2D eigenvalue weighted by Crippen LogP contribution is -1.99. The summed E-state index contributed by atoms with van der Waals surface area (Å²) in [6.45, 7) is 11.2. The fraction of sp³-hybridized carbons (Fsp3) is 0.400. The Morgan fingerprint density at radius 2 is 1.70 bits per heavy atom. The Bertz CT molecular complexity index is 593. The van der Waals surface area contributed by atoms with E-state index >= 15 is 0 Å². The van der Waals surface area contributed by atoms with Crippen LogP contribution in [0.4, 0.5) is 0 Å². The molecule has 2 aromatic rings. The molecule has 0 N–H and O–H groups in total. The summed E-state index contributed by atoms with van der Waals surface area (Å²) < 4.78 is 0. The molecule has 0 bridgehead atoms. The van der Waals surface area contributed by atoms with Crippen LogP contribution in [0.5, 0.6) is 0 Å². The zero-order valence-electron chi connectivity index (χ0n) is 13.5. The summed E-state index contributed by atoms with van der Waals surface area (Å²) in [6.07, 6.45) is 2.49. The van der Waals surface area contributed by atoms with Crippen LogP contribution in [-0.4, -0.2) is 0 Å². The van der Waals surface area contributed by atoms with Crippen LogP contribution < -0.4 is 0 Å². The average Bonchev–Trinajstić information content (AvgIpc) is 2.42. The molecular formula is C20H26. The molecule has 0 heteroatoms. The molecule has 0 nitrogen and oxygen atoms in total. The standard InChI is InChI=1S/C20H26/c1-6-8-16(4)18-12-11-14(2)13-20(18)19-10-7-9-15(3)17(19)5/h7,9-13,16H,6,8H2,1-5H3. The Labute approximate surface area is 123 Å². The number of aryl methyl sites for hydroxylation is 2. The van der Waals surface area contributed by atoms with Crippen LogP contribution in [0.25, 0.3) is 11.1 Å². The van der Waals surface area contributed by atoms with Crippen LogP contribution in [0.1, 0.15) is 54.9 Å². The highest BCUT2D eigenvalue weighted by Gasteiger charge is 2.13. The van der Waals surface area contributed by atoms with Crippen molar-refractivity contribution in [2.75, 3.05) is 0 Å². The van der Waals surface area contributed by atoms with Gasteiger partial charge in [0.15, 0.2) is 0 Å². The molecule has 0 fully saturated rings. The summed E-state index contributed by atoms with van der Waals surface area (Å²) >= 11 is 0. The second-order valence-corrected chi connectivity index (χ2v) is 6.03. The summed E-state index contributed by atoms with van der Waals surface area (Å²) in [5, 5.41) is 0. The maximum Gasteiger partial charge on any atom is -0.0144 e. The summed E-state index contributed by atoms with van der Waals surface area (Å²) in [6, 6.07) is 13.6. The average molecular weight is 266 g/mol. The highest BCUT2D eigenvalue weighted by atomic mass is 14.2. The van der Waals surface area contributed by atoms with Crippen LogP contribution >= 0.6 is 0 Å². The van der Waals surface area contributed by atoms with E-state index in [0.29, 0.717) is 5.92 Å². The minimum absolute atomic E-state index is 0.621. The van der Waals surface area contributed by atoms with Crippen LogP contribution in [0, 0.1) is 20.8 Å². The second kappa shape index (κ2) is 6.26. The molecule has 0 radical (unpaired) electrons. The number of hydrogen-bond donors (Lipinski definition) is 0. The lowest BCUT2D eigenvalue weighted by atomic mass is 9.86. The fourth-order valence-corrected chi connectivity index (χ4v) is 2.96. The molecule has 0 saturated heterocycles. The molecule has 0 aliphatic heterocycles. The van der Waals surface area contributed by atoms with E-state index in [1.54, 1.807) is 0 Å². The number of hydrogen-bond acceptors (Lipinski definition) is 0. The van der Waals surface area contributed by atoms with Crippen molar-refractivity contribution in [3.05, 3.63) is 58.7 Å². The molecule has 20 heavy (non-hydrogen) atoms. The highest BCUT2D eigenvalue weighted by Crippen LogP contribution is 2.34. The minimum Gasteiger partial charge on any atom is -0.0654 e. The van der Waals surface area contributed by atoms with Crippen LogP contribution in [0.15, 0.2) is 36.4 Å². The molecule has 0 aliphatic carbocycles. The SMILES string of the molecule is CCCC(C)c1ccc(C)cc1-c1cccc(C)c1C. The van der Waals surface area contributed by atoms with Crippen molar-refractivity contribution in [1.82, 2.24) is 0 Å². The van der Waals surface area contributed by atoms with Crippen LogP contribution in [0.2, 0.25) is 0 Å². The molecule has 1 unspecified atom stereocenters. The van der Waals surface area contributed by atoms with Crippen molar-refractivity contribution < 1.29 is 0 Å². The molecule has 0 amide bonds. The Balaban J connectivity index is 2.60. The van der Waals surface area contributed by atoms with Gasteiger partial charge in [0.2, 0.25) is 0 Å². The third-order valence-corrected chi connectivity index (χ3v) is 4.36. The van der Waals surface area contributed by atoms with Crippen molar-refractivity contribution in [3.8, 4) is 11.1 Å². The van der Waals surface area contributed by atoms with E-state index < -0.39 is 0 Å². The summed E-state index contributed by atoms with van der Waals surface area (Å²) in [4.78, 5) is 0. The number of benzene rings is 2. The quantitative estimate of drug-likeness (QED) is 0.619. The van der Waals surface area contributed by atoms with Crippen molar-refractivity contribution in [2.45, 2.75) is 53.4 Å². The molecule has 2 rings (SSSR count). The third-order valence-electron chi connectivity index (χ3n) is 4.36. The first kappa shape index (κ1) is 14.8. The van der Waals surface area contributed by atoms with E-state index in [9.17, 15) is 0 Å². The third kappa shape index (κ3) is 2.95. The van der Waals surface area contributed by atoms with E-state index in [4.69, 9.17) is 0 Å². The second-order valence-electron chi connectivity index (χ2n) is 6.03. The monoisotopic (exact) mass is 266 g/mol. The Morgan fingerprint density at radius 3 is 2.40 bits per heavy atom. The normalized spacial score (nSPS) is 12.4. The molecule has 0 spiro atoms. The van der Waals surface area contributed by atoms with Gasteiger partial charge in [-0.2, -0.15) is 0 Å². The largest absolute Gasteiger partial charge is 0.0654 e. The molecule has 1 atom stereocenters. The maximum absolute atomic E-state index is 2.35. The topological polar surface area (TPSA) is 0 Å². The Hall–Kier alpha value is -1.56. The van der Waals surface area contributed by atoms with Gasteiger partial charge >= 0.3 is 0 Å². The van der Waals surface area contributed by atoms with Crippen molar-refractivity contribution in [3.63, 3.8) is 0 Å². The molecule has 0 heterocycles. The van der Waals surface area contributed by atoms with Gasteiger partial charge in [-0.25, -0.2) is 0 Å². The molecule has 0 aliphatic rings. The van der Waals surface area contributed by atoms with E-state index in [0.717, 1.165) is 0 Å². The van der Waals surface area contributed by atoms with E-state index in [1.807, 2.05) is 0 Å². The zero-order chi connectivity index (χ0) is 14.7. The van der Waals surface area contributed by atoms with Gasteiger partial charge in [0, 0.05) is 0 Å². The molecule has 2 aromatic carbocycles. The van der Waals surface area contributed by atoms with Gasteiger partial charge in [-0.05, 0) is 60.9 Å². The molecular weight excluding hydrogens is 240 g/mol. The number of rotatable bonds is 4. The Morgan fingerprint density at radius 1 is 0.950 bits per heavy atom. The lowest BCUT2D eigenvalue weighted by molar-refractivity contribution is 0.666. The highest BCUT2D eigenvalue weighted by molar-refractivity contribution is 5.72. The Kier molecular flexibility index (Phi) is 4.65. The molecule has 0 saturated carbocycles. The first-order valence-corrected chi connectivity index (χ1v) is 7.71. The van der Waals surface area contributed by atoms with Gasteiger partial charge in [0.1, 0.15) is 0 Å². The van der Waals surface area contributed by atoms with Gasteiger partial charge in [-0.3, -0.25) is 0 Å². The molecule has 0 aromatic heterocycles. The summed E-state index contributed by atoms with van der Waals surface area (Å²) in [5.74, 6) is 0.621. The predicted octanol–water partition coefficient (Wildman–Crippen LogP) is 6.18. The first-order chi connectivity index (χ1) is 9.54. The summed E-state index contributed by atoms with van der Waals surface area (Å²) in [5.41, 5.74) is 8.43. The summed E-state index contributed by atoms with van der Waals surface area (Å²) in [7, 11) is 0. The van der Waals surface area contributed by atoms with Crippen molar-refractivity contribution in [1.29, 1.82) is 0 Å². The minimum atomic E-state index is 0.621. The van der Waals surface area contributed by atoms with E-state index in [2.05, 4.69) is 71.0 Å². The van der Waals surface area contributed by atoms with Crippen LogP contribution in [-0.2, 0) is 0 Å². The van der Waals surface area contributed by atoms with Gasteiger partial charge in [-0.15, -0.1) is 0 Å². The smallest absolute Gasteiger partial charge is 0.0144 e. The zero-order valence-corrected chi connectivity index (χ0v) is 13.5. The maximum atomic E-state index is 2.35. The van der Waals surface area contributed by atoms with Crippen molar-refractivity contribution in [2.24, 2.45) is 0 Å². The van der Waals surface area contributed by atoms with E-state index in [1.165, 1.54) is 46.2 Å². The van der Waals surface area contributed by atoms with Gasteiger partial charge in [0.05, 0.1) is 0 Å². The van der Waals surface area contributed by atoms with Gasteiger partial charge in [0.25, 0.3) is 0 Å². The van der Waals surface area contributed by atoms with Gasteiger partial charge in [-0.1, -0.05) is 62.2 Å². The predicted molar refractivity (Wildman–Crippen MR) is 89.4 cm³/mol. The van der Waals surface area contributed by atoms with Crippen LogP contribution in [0.3, 0.4) is 0 Å². The first-order valence-electron chi connectivity index (χ1n) is 7.71. The van der Waals surface area contributed by atoms with Gasteiger partial charge < -0.3 is 0 Å². The molecule has 106 valence electrons. The lowest BCUT2D eigenvalue weighted by Gasteiger charge is -2.19. The van der Waals surface area contributed by atoms with E-state index in [-0.39, 0.29) is 0 Å².